The van der Waals surface area contributed by atoms with E-state index in [0.717, 1.165) is 18.7 Å². The van der Waals surface area contributed by atoms with Crippen LogP contribution in [0.1, 0.15) is 5.56 Å². The number of hydrogen-bond donors (Lipinski definition) is 1. The molecule has 4 nitrogen and oxygen atoms in total. The molecular formula is C19H20ClN3O. The second-order valence-corrected chi connectivity index (χ2v) is 6.08. The van der Waals surface area contributed by atoms with Crippen LogP contribution in [0.15, 0.2) is 60.8 Å². The zero-order valence-electron chi connectivity index (χ0n) is 13.4. The molecule has 24 heavy (non-hydrogen) atoms. The van der Waals surface area contributed by atoms with Crippen LogP contribution in [0.2, 0.25) is 5.02 Å². The van der Waals surface area contributed by atoms with Crippen LogP contribution in [0.4, 0.5) is 10.5 Å². The molecule has 0 spiro atoms. The number of carbonyl (C=O) groups excluding carboxylic acids is 1. The highest BCUT2D eigenvalue weighted by molar-refractivity contribution is 6.30. The van der Waals surface area contributed by atoms with E-state index in [2.05, 4.69) is 22.3 Å². The quantitative estimate of drug-likeness (QED) is 0.920. The molecule has 1 heterocycles. The van der Waals surface area contributed by atoms with Gasteiger partial charge in [-0.25, -0.2) is 4.79 Å². The summed E-state index contributed by atoms with van der Waals surface area (Å²) in [4.78, 5) is 16.3. The summed E-state index contributed by atoms with van der Waals surface area (Å²) in [7, 11) is 0. The largest absolute Gasteiger partial charge is 0.368 e. The van der Waals surface area contributed by atoms with Crippen molar-refractivity contribution in [3.05, 3.63) is 71.4 Å². The zero-order chi connectivity index (χ0) is 16.8. The van der Waals surface area contributed by atoms with Gasteiger partial charge in [-0.3, -0.25) is 0 Å². The monoisotopic (exact) mass is 341 g/mol. The standard InChI is InChI=1S/C19H20ClN3O/c20-17-6-4-5-16(15-17)9-10-21-19(24)23-13-11-22(12-14-23)18-7-2-1-3-8-18/h1-10,15H,11-14H2,(H,21,24)/b10-9+. The molecule has 2 aromatic carbocycles. The summed E-state index contributed by atoms with van der Waals surface area (Å²) in [5.74, 6) is 0. The second kappa shape index (κ2) is 7.88. The highest BCUT2D eigenvalue weighted by Crippen LogP contribution is 2.15. The van der Waals surface area contributed by atoms with Crippen molar-refractivity contribution in [1.29, 1.82) is 0 Å². The van der Waals surface area contributed by atoms with Gasteiger partial charge in [-0.15, -0.1) is 0 Å². The zero-order valence-corrected chi connectivity index (χ0v) is 14.1. The second-order valence-electron chi connectivity index (χ2n) is 5.65. The Morgan fingerprint density at radius 2 is 1.75 bits per heavy atom. The molecule has 0 radical (unpaired) electrons. The number of nitrogens with one attached hydrogen (secondary N) is 1. The SMILES string of the molecule is O=C(N/C=C/c1cccc(Cl)c1)N1CCN(c2ccccc2)CC1. The average Bonchev–Trinajstić information content (AvgIpc) is 2.63. The summed E-state index contributed by atoms with van der Waals surface area (Å²) in [5, 5.41) is 3.50. The van der Waals surface area contributed by atoms with E-state index in [9.17, 15) is 4.79 Å². The first kappa shape index (κ1) is 16.4. The normalized spacial score (nSPS) is 14.9. The minimum Gasteiger partial charge on any atom is -0.368 e. The lowest BCUT2D eigenvalue weighted by atomic mass is 10.2. The Bertz CT molecular complexity index is 710. The van der Waals surface area contributed by atoms with E-state index in [1.165, 1.54) is 5.69 Å². The predicted octanol–water partition coefficient (Wildman–Crippen LogP) is 3.84. The number of rotatable bonds is 3. The third-order valence-electron chi connectivity index (χ3n) is 4.02. The van der Waals surface area contributed by atoms with Gasteiger partial charge in [0.1, 0.15) is 0 Å². The summed E-state index contributed by atoms with van der Waals surface area (Å²) >= 11 is 5.94. The minimum atomic E-state index is -0.0685. The molecule has 0 atom stereocenters. The number of halogens is 1. The number of piperazine rings is 1. The van der Waals surface area contributed by atoms with Crippen LogP contribution in [0.25, 0.3) is 6.08 Å². The van der Waals surface area contributed by atoms with Crippen LogP contribution >= 0.6 is 11.6 Å². The molecule has 2 amide bonds. The maximum Gasteiger partial charge on any atom is 0.321 e. The van der Waals surface area contributed by atoms with Crippen molar-refractivity contribution < 1.29 is 4.79 Å². The van der Waals surface area contributed by atoms with Gasteiger partial charge in [-0.05, 0) is 35.9 Å². The van der Waals surface area contributed by atoms with E-state index in [1.807, 2.05) is 53.4 Å². The minimum absolute atomic E-state index is 0.0685. The molecule has 0 unspecified atom stereocenters. The molecule has 0 aliphatic carbocycles. The maximum absolute atomic E-state index is 12.2. The van der Waals surface area contributed by atoms with Gasteiger partial charge < -0.3 is 15.1 Å². The Kier molecular flexibility index (Phi) is 5.39. The van der Waals surface area contributed by atoms with E-state index in [1.54, 1.807) is 6.20 Å². The molecule has 5 heteroatoms. The fourth-order valence-electron chi connectivity index (χ4n) is 2.72. The summed E-state index contributed by atoms with van der Waals surface area (Å²) in [6, 6.07) is 17.7. The number of amides is 2. The molecule has 0 saturated carbocycles. The predicted molar refractivity (Wildman–Crippen MR) is 99.2 cm³/mol. The van der Waals surface area contributed by atoms with Gasteiger partial charge in [0.25, 0.3) is 0 Å². The molecule has 1 N–H and O–H groups in total. The Hall–Kier alpha value is -2.46. The molecule has 1 fully saturated rings. The fraction of sp³-hybridized carbons (Fsp3) is 0.211. The van der Waals surface area contributed by atoms with Crippen LogP contribution in [0.5, 0.6) is 0 Å². The first-order chi connectivity index (χ1) is 11.7. The lowest BCUT2D eigenvalue weighted by Gasteiger charge is -2.35. The summed E-state index contributed by atoms with van der Waals surface area (Å²) in [6.07, 6.45) is 3.50. The van der Waals surface area contributed by atoms with Crippen LogP contribution in [0.3, 0.4) is 0 Å². The smallest absolute Gasteiger partial charge is 0.321 e. The van der Waals surface area contributed by atoms with Crippen LogP contribution in [-0.2, 0) is 0 Å². The van der Waals surface area contributed by atoms with E-state index >= 15 is 0 Å². The first-order valence-electron chi connectivity index (χ1n) is 8.00. The Balaban J connectivity index is 1.49. The summed E-state index contributed by atoms with van der Waals surface area (Å²) < 4.78 is 0. The molecule has 1 aliphatic rings. The number of nitrogens with zero attached hydrogens (tertiary/aromatic N) is 2. The van der Waals surface area contributed by atoms with Crippen molar-refractivity contribution in [2.45, 2.75) is 0 Å². The van der Waals surface area contributed by atoms with Crippen molar-refractivity contribution in [3.63, 3.8) is 0 Å². The molecule has 2 aromatic rings. The highest BCUT2D eigenvalue weighted by atomic mass is 35.5. The lowest BCUT2D eigenvalue weighted by Crippen LogP contribution is -2.51. The van der Waals surface area contributed by atoms with E-state index in [4.69, 9.17) is 11.6 Å². The van der Waals surface area contributed by atoms with Gasteiger partial charge >= 0.3 is 6.03 Å². The average molecular weight is 342 g/mol. The van der Waals surface area contributed by atoms with E-state index in [0.29, 0.717) is 18.1 Å². The summed E-state index contributed by atoms with van der Waals surface area (Å²) in [5.41, 5.74) is 2.16. The molecule has 3 rings (SSSR count). The van der Waals surface area contributed by atoms with Gasteiger partial charge in [0.2, 0.25) is 0 Å². The third-order valence-corrected chi connectivity index (χ3v) is 4.25. The van der Waals surface area contributed by atoms with E-state index < -0.39 is 0 Å². The van der Waals surface area contributed by atoms with Gasteiger partial charge in [0.05, 0.1) is 0 Å². The summed E-state index contributed by atoms with van der Waals surface area (Å²) in [6.45, 7) is 3.11. The topological polar surface area (TPSA) is 35.6 Å². The molecular weight excluding hydrogens is 322 g/mol. The van der Waals surface area contributed by atoms with Gasteiger partial charge in [0.15, 0.2) is 0 Å². The molecule has 0 bridgehead atoms. The Morgan fingerprint density at radius 3 is 2.46 bits per heavy atom. The molecule has 1 saturated heterocycles. The van der Waals surface area contributed by atoms with Crippen LogP contribution in [0, 0.1) is 0 Å². The molecule has 0 aromatic heterocycles. The fourth-order valence-corrected chi connectivity index (χ4v) is 2.92. The maximum atomic E-state index is 12.2. The number of anilines is 1. The number of benzene rings is 2. The van der Waals surface area contributed by atoms with Gasteiger partial charge in [0, 0.05) is 43.1 Å². The van der Waals surface area contributed by atoms with Crippen LogP contribution in [-0.4, -0.2) is 37.1 Å². The van der Waals surface area contributed by atoms with Gasteiger partial charge in [-0.2, -0.15) is 0 Å². The number of carbonyl (C=O) groups is 1. The lowest BCUT2D eigenvalue weighted by molar-refractivity contribution is 0.198. The molecule has 1 aliphatic heterocycles. The molecule has 124 valence electrons. The number of hydrogen-bond acceptors (Lipinski definition) is 2. The van der Waals surface area contributed by atoms with Crippen molar-refractivity contribution >= 4 is 29.4 Å². The first-order valence-corrected chi connectivity index (χ1v) is 8.38. The third kappa shape index (κ3) is 4.30. The number of urea groups is 1. The Labute approximate surface area is 147 Å². The van der Waals surface area contributed by atoms with Crippen molar-refractivity contribution in [2.75, 3.05) is 31.1 Å². The van der Waals surface area contributed by atoms with Crippen molar-refractivity contribution in [3.8, 4) is 0 Å². The van der Waals surface area contributed by atoms with E-state index in [-0.39, 0.29) is 6.03 Å². The number of para-hydroxylation sites is 1. The van der Waals surface area contributed by atoms with Gasteiger partial charge in [-0.1, -0.05) is 41.9 Å². The highest BCUT2D eigenvalue weighted by Gasteiger charge is 2.20. The van der Waals surface area contributed by atoms with Crippen LogP contribution < -0.4 is 10.2 Å². The Morgan fingerprint density at radius 1 is 1.00 bits per heavy atom. The van der Waals surface area contributed by atoms with Crippen molar-refractivity contribution in [2.24, 2.45) is 0 Å². The van der Waals surface area contributed by atoms with Crippen molar-refractivity contribution in [1.82, 2.24) is 10.2 Å².